The van der Waals surface area contributed by atoms with Crippen LogP contribution in [-0.2, 0) is 0 Å². The van der Waals surface area contributed by atoms with Gasteiger partial charge < -0.3 is 5.11 Å². The van der Waals surface area contributed by atoms with Crippen LogP contribution in [0.4, 0.5) is 8.78 Å². The minimum Gasteiger partial charge on any atom is -0.382 e. The van der Waals surface area contributed by atoms with E-state index in [0.29, 0.717) is 5.02 Å². The number of hydrogen-bond donors (Lipinski definition) is 1. The van der Waals surface area contributed by atoms with E-state index in [4.69, 9.17) is 11.6 Å². The molecule has 0 fully saturated rings. The van der Waals surface area contributed by atoms with Gasteiger partial charge in [-0.25, -0.2) is 0 Å². The number of carbonyl (C=O) groups excluding carboxylic acids is 1. The minimum absolute atomic E-state index is 0.00656. The predicted octanol–water partition coefficient (Wildman–Crippen LogP) is 4.20. The molecule has 0 aliphatic carbocycles. The molecular formula is C16H13ClF2O2. The van der Waals surface area contributed by atoms with Crippen LogP contribution < -0.4 is 0 Å². The molecule has 0 aliphatic heterocycles. The molecule has 2 aromatic carbocycles. The van der Waals surface area contributed by atoms with Crippen LogP contribution >= 0.6 is 11.6 Å². The molecule has 0 heterocycles. The third-order valence-corrected chi connectivity index (χ3v) is 3.40. The fourth-order valence-electron chi connectivity index (χ4n) is 1.88. The Kier molecular flexibility index (Phi) is 4.40. The van der Waals surface area contributed by atoms with Gasteiger partial charge in [0.1, 0.15) is 0 Å². The van der Waals surface area contributed by atoms with Gasteiger partial charge in [-0.05, 0) is 36.8 Å². The Hall–Kier alpha value is -1.78. The first-order chi connectivity index (χ1) is 9.82. The summed E-state index contributed by atoms with van der Waals surface area (Å²) in [6.45, 7) is 1.80. The molecule has 0 unspecified atom stereocenters. The van der Waals surface area contributed by atoms with Crippen LogP contribution in [0, 0.1) is 6.92 Å². The molecular weight excluding hydrogens is 298 g/mol. The Morgan fingerprint density at radius 3 is 2.14 bits per heavy atom. The third kappa shape index (κ3) is 3.28. The number of ketones is 1. The summed E-state index contributed by atoms with van der Waals surface area (Å²) in [6.07, 6.45) is -2.19. The lowest BCUT2D eigenvalue weighted by Crippen LogP contribution is -2.35. The van der Waals surface area contributed by atoms with Crippen molar-refractivity contribution in [1.82, 2.24) is 0 Å². The Balaban J connectivity index is 2.29. The Morgan fingerprint density at radius 2 is 1.62 bits per heavy atom. The van der Waals surface area contributed by atoms with Crippen LogP contribution in [0.1, 0.15) is 27.6 Å². The zero-order valence-electron chi connectivity index (χ0n) is 11.2. The van der Waals surface area contributed by atoms with Crippen molar-refractivity contribution in [1.29, 1.82) is 0 Å². The van der Waals surface area contributed by atoms with E-state index in [2.05, 4.69) is 0 Å². The average molecular weight is 311 g/mol. The van der Waals surface area contributed by atoms with Gasteiger partial charge in [0.2, 0.25) is 5.78 Å². The number of aliphatic hydroxyl groups is 1. The molecule has 1 N–H and O–H groups in total. The maximum atomic E-state index is 14.2. The summed E-state index contributed by atoms with van der Waals surface area (Å²) in [6, 6.07) is 11.1. The zero-order chi connectivity index (χ0) is 15.6. The zero-order valence-corrected chi connectivity index (χ0v) is 11.9. The Labute approximate surface area is 126 Å². The molecule has 2 nitrogen and oxygen atoms in total. The highest BCUT2D eigenvalue weighted by molar-refractivity contribution is 6.30. The second-order valence-corrected chi connectivity index (χ2v) is 5.21. The lowest BCUT2D eigenvalue weighted by molar-refractivity contribution is -0.0792. The van der Waals surface area contributed by atoms with Gasteiger partial charge in [0, 0.05) is 10.6 Å². The number of carbonyl (C=O) groups is 1. The van der Waals surface area contributed by atoms with E-state index in [-0.39, 0.29) is 11.1 Å². The van der Waals surface area contributed by atoms with Crippen molar-refractivity contribution in [3.05, 3.63) is 70.2 Å². The molecule has 0 saturated heterocycles. The Morgan fingerprint density at radius 1 is 1.10 bits per heavy atom. The van der Waals surface area contributed by atoms with Gasteiger partial charge in [0.25, 0.3) is 0 Å². The van der Waals surface area contributed by atoms with E-state index >= 15 is 0 Å². The summed E-state index contributed by atoms with van der Waals surface area (Å²) >= 11 is 5.66. The number of alkyl halides is 2. The van der Waals surface area contributed by atoms with Crippen LogP contribution in [0.15, 0.2) is 48.5 Å². The minimum atomic E-state index is -3.91. The highest BCUT2D eigenvalue weighted by atomic mass is 35.5. The first kappa shape index (κ1) is 15.6. The van der Waals surface area contributed by atoms with E-state index in [1.165, 1.54) is 36.4 Å². The lowest BCUT2D eigenvalue weighted by Gasteiger charge is -2.21. The van der Waals surface area contributed by atoms with Crippen molar-refractivity contribution in [2.75, 3.05) is 0 Å². The van der Waals surface area contributed by atoms with Crippen LogP contribution in [0.3, 0.4) is 0 Å². The van der Waals surface area contributed by atoms with Gasteiger partial charge in [-0.15, -0.1) is 0 Å². The number of benzene rings is 2. The van der Waals surface area contributed by atoms with Gasteiger partial charge in [0.15, 0.2) is 6.10 Å². The molecule has 0 amide bonds. The fraction of sp³-hybridized carbons (Fsp3) is 0.188. The number of Topliss-reactive ketones (excluding diaryl/α,β-unsaturated/α-hetero) is 1. The van der Waals surface area contributed by atoms with Crippen molar-refractivity contribution in [3.63, 3.8) is 0 Å². The van der Waals surface area contributed by atoms with Crippen LogP contribution in [-0.4, -0.2) is 16.8 Å². The summed E-state index contributed by atoms with van der Waals surface area (Å²) < 4.78 is 28.3. The number of rotatable bonds is 4. The smallest absolute Gasteiger partial charge is 0.339 e. The molecule has 0 saturated carbocycles. The van der Waals surface area contributed by atoms with Gasteiger partial charge in [-0.3, -0.25) is 4.79 Å². The first-order valence-corrected chi connectivity index (χ1v) is 6.63. The van der Waals surface area contributed by atoms with Crippen molar-refractivity contribution in [2.24, 2.45) is 0 Å². The molecule has 21 heavy (non-hydrogen) atoms. The molecule has 0 aromatic heterocycles. The average Bonchev–Trinajstić information content (AvgIpc) is 2.47. The summed E-state index contributed by atoms with van der Waals surface area (Å²) in [5, 5.41) is 10.2. The summed E-state index contributed by atoms with van der Waals surface area (Å²) in [5.41, 5.74) is 0.668. The maximum absolute atomic E-state index is 14.2. The van der Waals surface area contributed by atoms with Crippen molar-refractivity contribution in [3.8, 4) is 0 Å². The summed E-state index contributed by atoms with van der Waals surface area (Å²) in [5.74, 6) is -5.35. The lowest BCUT2D eigenvalue weighted by atomic mass is 9.96. The SMILES string of the molecule is Cc1ccc([C@H](O)C(F)(F)C(=O)c2ccc(Cl)cc2)cc1. The van der Waals surface area contributed by atoms with Crippen LogP contribution in [0.5, 0.6) is 0 Å². The van der Waals surface area contributed by atoms with Crippen molar-refractivity contribution < 1.29 is 18.7 Å². The van der Waals surface area contributed by atoms with Gasteiger partial charge in [-0.2, -0.15) is 8.78 Å². The topological polar surface area (TPSA) is 37.3 Å². The summed E-state index contributed by atoms with van der Waals surface area (Å²) in [4.78, 5) is 11.9. The van der Waals surface area contributed by atoms with Gasteiger partial charge >= 0.3 is 5.92 Å². The van der Waals surface area contributed by atoms with E-state index in [1.54, 1.807) is 19.1 Å². The molecule has 0 spiro atoms. The number of aryl methyl sites for hydroxylation is 1. The monoisotopic (exact) mass is 310 g/mol. The number of aliphatic hydroxyl groups excluding tert-OH is 1. The van der Waals surface area contributed by atoms with E-state index in [0.717, 1.165) is 5.56 Å². The molecule has 0 bridgehead atoms. The standard InChI is InChI=1S/C16H13ClF2O2/c1-10-2-4-11(5-3-10)14(20)16(18,19)15(21)12-6-8-13(17)9-7-12/h2-9,14,20H,1H3/t14-/m0/s1. The molecule has 0 aliphatic rings. The van der Waals surface area contributed by atoms with E-state index in [1.807, 2.05) is 0 Å². The second-order valence-electron chi connectivity index (χ2n) is 4.77. The molecule has 0 radical (unpaired) electrons. The molecule has 1 atom stereocenters. The largest absolute Gasteiger partial charge is 0.382 e. The maximum Gasteiger partial charge on any atom is 0.339 e. The molecule has 2 rings (SSSR count). The van der Waals surface area contributed by atoms with E-state index in [9.17, 15) is 18.7 Å². The number of hydrogen-bond acceptors (Lipinski definition) is 2. The Bertz CT molecular complexity index is 636. The molecule has 110 valence electrons. The summed E-state index contributed by atoms with van der Waals surface area (Å²) in [7, 11) is 0. The normalized spacial score (nSPS) is 13.0. The predicted molar refractivity (Wildman–Crippen MR) is 76.9 cm³/mol. The quantitative estimate of drug-likeness (QED) is 0.859. The van der Waals surface area contributed by atoms with E-state index < -0.39 is 17.8 Å². The van der Waals surface area contributed by atoms with Crippen LogP contribution in [0.25, 0.3) is 0 Å². The second kappa shape index (κ2) is 5.92. The highest BCUT2D eigenvalue weighted by Gasteiger charge is 2.47. The highest BCUT2D eigenvalue weighted by Crippen LogP contribution is 2.34. The van der Waals surface area contributed by atoms with Crippen molar-refractivity contribution in [2.45, 2.75) is 19.0 Å². The van der Waals surface area contributed by atoms with Gasteiger partial charge in [-0.1, -0.05) is 41.4 Å². The third-order valence-electron chi connectivity index (χ3n) is 3.15. The fourth-order valence-corrected chi connectivity index (χ4v) is 2.00. The number of halogens is 3. The van der Waals surface area contributed by atoms with Crippen molar-refractivity contribution >= 4 is 17.4 Å². The first-order valence-electron chi connectivity index (χ1n) is 6.25. The molecule has 5 heteroatoms. The van der Waals surface area contributed by atoms with Crippen LogP contribution in [0.2, 0.25) is 5.02 Å². The molecule has 2 aromatic rings. The van der Waals surface area contributed by atoms with Gasteiger partial charge in [0.05, 0.1) is 0 Å².